The molecule has 0 spiro atoms. The molecule has 0 bridgehead atoms. The Hall–Kier alpha value is -1.87. The molecule has 1 heterocycles. The Bertz CT molecular complexity index is 549. The molecule has 1 rings (SSSR count). The minimum Gasteiger partial charge on any atom is -0.469 e. The summed E-state index contributed by atoms with van der Waals surface area (Å²) in [6, 6.07) is 1.94. The second kappa shape index (κ2) is 10.8. The summed E-state index contributed by atoms with van der Waals surface area (Å²) >= 11 is 1.59. The van der Waals surface area contributed by atoms with Crippen molar-refractivity contribution in [3.05, 3.63) is 46.7 Å². The van der Waals surface area contributed by atoms with E-state index >= 15 is 0 Å². The standard InChI is InChI=1S/C17H20O4S/c1-21-17(20)10-6-9-16(19)15(18)8-5-3-2-4-7-14-11-12-22-13-14/h2-3,5,8,11-13,15-16,18-19H,6,9-10H2,1H3/b3-2+,8-5+/t15-,16+/m1/s1. The van der Waals surface area contributed by atoms with E-state index in [1.807, 2.05) is 16.8 Å². The largest absolute Gasteiger partial charge is 0.469 e. The quantitative estimate of drug-likeness (QED) is 0.459. The van der Waals surface area contributed by atoms with E-state index in [9.17, 15) is 15.0 Å². The van der Waals surface area contributed by atoms with E-state index in [0.29, 0.717) is 12.8 Å². The number of hydrogen-bond donors (Lipinski definition) is 2. The number of esters is 1. The second-order valence-corrected chi connectivity index (χ2v) is 5.33. The Balaban J connectivity index is 2.27. The lowest BCUT2D eigenvalue weighted by Gasteiger charge is -2.13. The zero-order valence-electron chi connectivity index (χ0n) is 12.4. The minimum atomic E-state index is -0.966. The van der Waals surface area contributed by atoms with E-state index in [1.54, 1.807) is 29.6 Å². The molecule has 0 saturated heterocycles. The summed E-state index contributed by atoms with van der Waals surface area (Å²) in [4.78, 5) is 10.9. The Morgan fingerprint density at radius 1 is 1.45 bits per heavy atom. The molecule has 0 unspecified atom stereocenters. The predicted octanol–water partition coefficient (Wildman–Crippen LogP) is 2.28. The molecule has 2 N–H and O–H groups in total. The number of allylic oxidation sites excluding steroid dienone is 3. The number of thiophene rings is 1. The van der Waals surface area contributed by atoms with Gasteiger partial charge in [0.25, 0.3) is 0 Å². The van der Waals surface area contributed by atoms with Crippen molar-refractivity contribution in [3.8, 4) is 11.8 Å². The fourth-order valence-electron chi connectivity index (χ4n) is 1.60. The van der Waals surface area contributed by atoms with Crippen LogP contribution in [0.5, 0.6) is 0 Å². The number of aliphatic hydroxyl groups excluding tert-OH is 2. The molecule has 0 saturated carbocycles. The summed E-state index contributed by atoms with van der Waals surface area (Å²) in [6.45, 7) is 0. The smallest absolute Gasteiger partial charge is 0.305 e. The van der Waals surface area contributed by atoms with Crippen LogP contribution < -0.4 is 0 Å². The molecule has 4 nitrogen and oxygen atoms in total. The van der Waals surface area contributed by atoms with Crippen molar-refractivity contribution in [1.29, 1.82) is 0 Å². The number of ether oxygens (including phenoxy) is 1. The molecule has 0 aliphatic carbocycles. The van der Waals surface area contributed by atoms with Crippen molar-refractivity contribution >= 4 is 17.3 Å². The second-order valence-electron chi connectivity index (χ2n) is 4.55. The summed E-state index contributed by atoms with van der Waals surface area (Å²) in [6.07, 6.45) is 5.68. The van der Waals surface area contributed by atoms with Gasteiger partial charge in [0.2, 0.25) is 0 Å². The van der Waals surface area contributed by atoms with E-state index in [0.717, 1.165) is 5.56 Å². The van der Waals surface area contributed by atoms with Gasteiger partial charge in [-0.25, -0.2) is 0 Å². The summed E-state index contributed by atoms with van der Waals surface area (Å²) in [5.41, 5.74) is 0.972. The molecule has 22 heavy (non-hydrogen) atoms. The highest BCUT2D eigenvalue weighted by atomic mass is 32.1. The molecule has 118 valence electrons. The Morgan fingerprint density at radius 3 is 2.95 bits per heavy atom. The van der Waals surface area contributed by atoms with Crippen LogP contribution >= 0.6 is 11.3 Å². The maximum absolute atomic E-state index is 10.9. The molecule has 0 fully saturated rings. The molecular formula is C17H20O4S. The average molecular weight is 320 g/mol. The summed E-state index contributed by atoms with van der Waals surface area (Å²) in [7, 11) is 1.32. The van der Waals surface area contributed by atoms with Crippen LogP contribution in [0.3, 0.4) is 0 Å². The van der Waals surface area contributed by atoms with Crippen molar-refractivity contribution in [2.45, 2.75) is 31.5 Å². The lowest BCUT2D eigenvalue weighted by atomic mass is 10.1. The Morgan fingerprint density at radius 2 is 2.27 bits per heavy atom. The number of rotatable bonds is 7. The highest BCUT2D eigenvalue weighted by Gasteiger charge is 2.13. The van der Waals surface area contributed by atoms with Gasteiger partial charge in [0.05, 0.1) is 19.3 Å². The van der Waals surface area contributed by atoms with Gasteiger partial charge in [0.15, 0.2) is 0 Å². The third-order valence-electron chi connectivity index (χ3n) is 2.84. The van der Waals surface area contributed by atoms with Gasteiger partial charge in [0, 0.05) is 17.4 Å². The highest BCUT2D eigenvalue weighted by molar-refractivity contribution is 7.08. The zero-order chi connectivity index (χ0) is 16.2. The van der Waals surface area contributed by atoms with E-state index < -0.39 is 12.2 Å². The third-order valence-corrected chi connectivity index (χ3v) is 3.52. The number of carbonyl (C=O) groups excluding carboxylic acids is 1. The van der Waals surface area contributed by atoms with Crippen LogP contribution in [0, 0.1) is 11.8 Å². The third kappa shape index (κ3) is 7.79. The van der Waals surface area contributed by atoms with Crippen molar-refractivity contribution in [2.75, 3.05) is 7.11 Å². The lowest BCUT2D eigenvalue weighted by Crippen LogP contribution is -2.23. The molecule has 1 aromatic rings. The normalized spacial score (nSPS) is 13.8. The van der Waals surface area contributed by atoms with Gasteiger partial charge in [-0.05, 0) is 30.4 Å². The van der Waals surface area contributed by atoms with Crippen molar-refractivity contribution < 1.29 is 19.7 Å². The Kier molecular flexibility index (Phi) is 8.92. The first-order valence-electron chi connectivity index (χ1n) is 6.93. The topological polar surface area (TPSA) is 66.8 Å². The van der Waals surface area contributed by atoms with Gasteiger partial charge in [-0.2, -0.15) is 11.3 Å². The number of hydrogen-bond acceptors (Lipinski definition) is 5. The monoisotopic (exact) mass is 320 g/mol. The maximum Gasteiger partial charge on any atom is 0.305 e. The van der Waals surface area contributed by atoms with Gasteiger partial charge >= 0.3 is 5.97 Å². The van der Waals surface area contributed by atoms with E-state index in [2.05, 4.69) is 16.6 Å². The first-order chi connectivity index (χ1) is 10.6. The first-order valence-corrected chi connectivity index (χ1v) is 7.87. The number of methoxy groups -OCH3 is 1. The molecule has 0 aliphatic heterocycles. The fraction of sp³-hybridized carbons (Fsp3) is 0.353. The van der Waals surface area contributed by atoms with Crippen LogP contribution in [-0.4, -0.2) is 35.5 Å². The van der Waals surface area contributed by atoms with Gasteiger partial charge in [-0.1, -0.05) is 30.1 Å². The summed E-state index contributed by atoms with van der Waals surface area (Å²) in [5.74, 6) is 5.52. The van der Waals surface area contributed by atoms with Crippen LogP contribution in [-0.2, 0) is 9.53 Å². The maximum atomic E-state index is 10.9. The van der Waals surface area contributed by atoms with Crippen LogP contribution in [0.4, 0.5) is 0 Å². The van der Waals surface area contributed by atoms with Crippen molar-refractivity contribution in [2.24, 2.45) is 0 Å². The minimum absolute atomic E-state index is 0.238. The van der Waals surface area contributed by atoms with Gasteiger partial charge < -0.3 is 14.9 Å². The fourth-order valence-corrected chi connectivity index (χ4v) is 2.19. The van der Waals surface area contributed by atoms with E-state index in [1.165, 1.54) is 13.2 Å². The lowest BCUT2D eigenvalue weighted by molar-refractivity contribution is -0.140. The molecule has 0 radical (unpaired) electrons. The van der Waals surface area contributed by atoms with Crippen molar-refractivity contribution in [1.82, 2.24) is 0 Å². The van der Waals surface area contributed by atoms with Crippen LogP contribution in [0.15, 0.2) is 41.1 Å². The van der Waals surface area contributed by atoms with Crippen LogP contribution in [0.25, 0.3) is 0 Å². The van der Waals surface area contributed by atoms with Gasteiger partial charge in [-0.3, -0.25) is 4.79 Å². The molecule has 2 atom stereocenters. The van der Waals surface area contributed by atoms with E-state index in [4.69, 9.17) is 0 Å². The van der Waals surface area contributed by atoms with Crippen LogP contribution in [0.1, 0.15) is 24.8 Å². The van der Waals surface area contributed by atoms with Crippen LogP contribution in [0.2, 0.25) is 0 Å². The Labute approximate surface area is 134 Å². The number of carbonyl (C=O) groups is 1. The average Bonchev–Trinajstić information content (AvgIpc) is 3.03. The zero-order valence-corrected chi connectivity index (χ0v) is 13.3. The molecule has 0 amide bonds. The van der Waals surface area contributed by atoms with Crippen molar-refractivity contribution in [3.63, 3.8) is 0 Å². The predicted molar refractivity (Wildman–Crippen MR) is 87.4 cm³/mol. The summed E-state index contributed by atoms with van der Waals surface area (Å²) < 4.78 is 4.50. The molecule has 1 aromatic heterocycles. The summed E-state index contributed by atoms with van der Waals surface area (Å²) in [5, 5.41) is 23.4. The first kappa shape index (κ1) is 18.2. The van der Waals surface area contributed by atoms with E-state index in [-0.39, 0.29) is 12.4 Å². The SMILES string of the molecule is COC(=O)CCC[C@H](O)[C@H](O)/C=C/C=C/C#Cc1ccsc1. The molecular weight excluding hydrogens is 300 g/mol. The number of aliphatic hydroxyl groups is 2. The molecule has 5 heteroatoms. The van der Waals surface area contributed by atoms with Gasteiger partial charge in [0.1, 0.15) is 0 Å². The molecule has 0 aromatic carbocycles. The highest BCUT2D eigenvalue weighted by Crippen LogP contribution is 2.07. The molecule has 0 aliphatic rings. The van der Waals surface area contributed by atoms with Gasteiger partial charge in [-0.15, -0.1) is 0 Å².